The van der Waals surface area contributed by atoms with Gasteiger partial charge in [0.1, 0.15) is 17.4 Å². The Hall–Kier alpha value is -2.33. The van der Waals surface area contributed by atoms with Gasteiger partial charge in [-0.1, -0.05) is 0 Å². The van der Waals surface area contributed by atoms with Crippen LogP contribution >= 0.6 is 0 Å². The molecule has 1 N–H and O–H groups in total. The zero-order chi connectivity index (χ0) is 15.5. The summed E-state index contributed by atoms with van der Waals surface area (Å²) in [6.07, 6.45) is 1.62. The SMILES string of the molecule is CNC1(C#N)CCC(Oc2ccc(OC)cc2[N+](=O)[O-])C1. The van der Waals surface area contributed by atoms with Gasteiger partial charge in [0.15, 0.2) is 5.75 Å². The molecule has 1 aromatic rings. The average molecular weight is 291 g/mol. The molecule has 0 bridgehead atoms. The van der Waals surface area contributed by atoms with Gasteiger partial charge in [-0.3, -0.25) is 10.1 Å². The molecule has 0 amide bonds. The van der Waals surface area contributed by atoms with Crippen molar-refractivity contribution in [2.45, 2.75) is 30.9 Å². The third-order valence-electron chi connectivity index (χ3n) is 3.82. The van der Waals surface area contributed by atoms with Crippen LogP contribution in [0.5, 0.6) is 11.5 Å². The Bertz CT molecular complexity index is 584. The highest BCUT2D eigenvalue weighted by Crippen LogP contribution is 2.36. The minimum absolute atomic E-state index is 0.131. The second kappa shape index (κ2) is 5.97. The van der Waals surface area contributed by atoms with E-state index in [-0.39, 0.29) is 17.5 Å². The molecule has 0 spiro atoms. The molecule has 0 aliphatic heterocycles. The largest absolute Gasteiger partial charge is 0.496 e. The second-order valence-corrected chi connectivity index (χ2v) is 5.02. The van der Waals surface area contributed by atoms with Gasteiger partial charge in [0, 0.05) is 6.42 Å². The predicted octanol–water partition coefficient (Wildman–Crippen LogP) is 2.02. The average Bonchev–Trinajstić information content (AvgIpc) is 2.91. The first-order valence-corrected chi connectivity index (χ1v) is 6.63. The van der Waals surface area contributed by atoms with Crippen molar-refractivity contribution < 1.29 is 14.4 Å². The number of methoxy groups -OCH3 is 1. The molecular weight excluding hydrogens is 274 g/mol. The molecular formula is C14H17N3O4. The van der Waals surface area contributed by atoms with Crippen molar-refractivity contribution in [3.05, 3.63) is 28.3 Å². The van der Waals surface area contributed by atoms with Crippen LogP contribution in [0, 0.1) is 21.4 Å². The van der Waals surface area contributed by atoms with Gasteiger partial charge in [0.05, 0.1) is 24.2 Å². The van der Waals surface area contributed by atoms with Crippen LogP contribution in [0.4, 0.5) is 5.69 Å². The number of rotatable bonds is 5. The Kier molecular flexibility index (Phi) is 4.29. The molecule has 1 saturated carbocycles. The zero-order valence-corrected chi connectivity index (χ0v) is 12.0. The van der Waals surface area contributed by atoms with E-state index in [1.807, 2.05) is 0 Å². The Labute approximate surface area is 122 Å². The van der Waals surface area contributed by atoms with Crippen molar-refractivity contribution in [3.8, 4) is 17.6 Å². The third kappa shape index (κ3) is 3.06. The molecule has 1 fully saturated rings. The van der Waals surface area contributed by atoms with Gasteiger partial charge in [-0.15, -0.1) is 0 Å². The summed E-state index contributed by atoms with van der Waals surface area (Å²) in [6.45, 7) is 0. The van der Waals surface area contributed by atoms with Crippen LogP contribution in [0.15, 0.2) is 18.2 Å². The van der Waals surface area contributed by atoms with Crippen LogP contribution in [-0.2, 0) is 0 Å². The molecule has 2 rings (SSSR count). The van der Waals surface area contributed by atoms with Crippen LogP contribution in [0.1, 0.15) is 19.3 Å². The predicted molar refractivity (Wildman–Crippen MR) is 75.3 cm³/mol. The van der Waals surface area contributed by atoms with Gasteiger partial charge in [-0.25, -0.2) is 0 Å². The lowest BCUT2D eigenvalue weighted by Crippen LogP contribution is -2.39. The van der Waals surface area contributed by atoms with E-state index in [2.05, 4.69) is 11.4 Å². The Morgan fingerprint density at radius 2 is 2.33 bits per heavy atom. The number of nitrogens with one attached hydrogen (secondary N) is 1. The number of nitriles is 1. The van der Waals surface area contributed by atoms with Crippen molar-refractivity contribution in [1.29, 1.82) is 5.26 Å². The molecule has 0 aromatic heterocycles. The first-order valence-electron chi connectivity index (χ1n) is 6.63. The summed E-state index contributed by atoms with van der Waals surface area (Å²) in [6, 6.07) is 6.74. The normalized spacial score (nSPS) is 24.3. The van der Waals surface area contributed by atoms with E-state index >= 15 is 0 Å². The molecule has 0 saturated heterocycles. The van der Waals surface area contributed by atoms with Crippen molar-refractivity contribution in [1.82, 2.24) is 5.32 Å². The van der Waals surface area contributed by atoms with Crippen LogP contribution in [-0.4, -0.2) is 30.7 Å². The highest BCUT2D eigenvalue weighted by atomic mass is 16.6. The highest BCUT2D eigenvalue weighted by molar-refractivity contribution is 5.51. The molecule has 21 heavy (non-hydrogen) atoms. The van der Waals surface area contributed by atoms with Crippen LogP contribution in [0.3, 0.4) is 0 Å². The highest BCUT2D eigenvalue weighted by Gasteiger charge is 2.40. The number of hydrogen-bond donors (Lipinski definition) is 1. The Morgan fingerprint density at radius 1 is 1.57 bits per heavy atom. The molecule has 7 heteroatoms. The minimum Gasteiger partial charge on any atom is -0.496 e. The molecule has 1 aromatic carbocycles. The quantitative estimate of drug-likeness (QED) is 0.658. The second-order valence-electron chi connectivity index (χ2n) is 5.02. The lowest BCUT2D eigenvalue weighted by atomic mass is 10.0. The molecule has 112 valence electrons. The standard InChI is InChI=1S/C14H17N3O4/c1-16-14(9-15)6-5-11(8-14)21-13-4-3-10(20-2)7-12(13)17(18)19/h3-4,7,11,16H,5-6,8H2,1-2H3. The van der Waals surface area contributed by atoms with E-state index in [4.69, 9.17) is 9.47 Å². The molecule has 1 aliphatic rings. The van der Waals surface area contributed by atoms with Crippen LogP contribution in [0.25, 0.3) is 0 Å². The first kappa shape index (κ1) is 15.1. The Morgan fingerprint density at radius 3 is 2.86 bits per heavy atom. The fourth-order valence-electron chi connectivity index (χ4n) is 2.53. The van der Waals surface area contributed by atoms with E-state index < -0.39 is 10.5 Å². The summed E-state index contributed by atoms with van der Waals surface area (Å²) >= 11 is 0. The van der Waals surface area contributed by atoms with Crippen molar-refractivity contribution in [2.24, 2.45) is 0 Å². The fraction of sp³-hybridized carbons (Fsp3) is 0.500. The van der Waals surface area contributed by atoms with E-state index in [1.54, 1.807) is 13.1 Å². The fourth-order valence-corrected chi connectivity index (χ4v) is 2.53. The van der Waals surface area contributed by atoms with Crippen molar-refractivity contribution in [2.75, 3.05) is 14.2 Å². The lowest BCUT2D eigenvalue weighted by Gasteiger charge is -2.20. The molecule has 2 atom stereocenters. The maximum absolute atomic E-state index is 11.1. The summed E-state index contributed by atoms with van der Waals surface area (Å²) in [5, 5.41) is 23.3. The molecule has 1 aliphatic carbocycles. The van der Waals surface area contributed by atoms with Gasteiger partial charge in [0.25, 0.3) is 0 Å². The van der Waals surface area contributed by atoms with Gasteiger partial charge < -0.3 is 14.8 Å². The monoisotopic (exact) mass is 291 g/mol. The molecule has 0 radical (unpaired) electrons. The maximum atomic E-state index is 11.1. The number of nitro groups is 1. The number of benzene rings is 1. The van der Waals surface area contributed by atoms with Gasteiger partial charge in [0.2, 0.25) is 0 Å². The lowest BCUT2D eigenvalue weighted by molar-refractivity contribution is -0.386. The van der Waals surface area contributed by atoms with Crippen molar-refractivity contribution >= 4 is 5.69 Å². The summed E-state index contributed by atoms with van der Waals surface area (Å²) < 4.78 is 10.7. The molecule has 2 unspecified atom stereocenters. The number of nitrogens with zero attached hydrogens (tertiary/aromatic N) is 2. The van der Waals surface area contributed by atoms with Gasteiger partial charge >= 0.3 is 5.69 Å². The van der Waals surface area contributed by atoms with E-state index in [9.17, 15) is 15.4 Å². The number of ether oxygens (including phenoxy) is 2. The van der Waals surface area contributed by atoms with Crippen molar-refractivity contribution in [3.63, 3.8) is 0 Å². The Balaban J connectivity index is 2.18. The number of hydrogen-bond acceptors (Lipinski definition) is 6. The smallest absolute Gasteiger partial charge is 0.314 e. The maximum Gasteiger partial charge on any atom is 0.314 e. The van der Waals surface area contributed by atoms with E-state index in [0.717, 1.165) is 0 Å². The van der Waals surface area contributed by atoms with Gasteiger partial charge in [-0.2, -0.15) is 5.26 Å². The summed E-state index contributed by atoms with van der Waals surface area (Å²) in [5.74, 6) is 0.609. The number of nitro benzene ring substituents is 1. The zero-order valence-electron chi connectivity index (χ0n) is 12.0. The van der Waals surface area contributed by atoms with Gasteiger partial charge in [-0.05, 0) is 32.0 Å². The molecule has 0 heterocycles. The third-order valence-corrected chi connectivity index (χ3v) is 3.82. The van der Waals surface area contributed by atoms with Crippen LogP contribution in [0.2, 0.25) is 0 Å². The first-order chi connectivity index (χ1) is 10.0. The molecule has 7 nitrogen and oxygen atoms in total. The summed E-state index contributed by atoms with van der Waals surface area (Å²) in [4.78, 5) is 10.6. The van der Waals surface area contributed by atoms with E-state index in [0.29, 0.717) is 25.0 Å². The topological polar surface area (TPSA) is 97.4 Å². The summed E-state index contributed by atoms with van der Waals surface area (Å²) in [7, 11) is 3.19. The summed E-state index contributed by atoms with van der Waals surface area (Å²) in [5.41, 5.74) is -0.736. The van der Waals surface area contributed by atoms with Crippen LogP contribution < -0.4 is 14.8 Å². The van der Waals surface area contributed by atoms with E-state index in [1.165, 1.54) is 19.2 Å². The minimum atomic E-state index is -0.605.